The van der Waals surface area contributed by atoms with Crippen molar-refractivity contribution in [1.82, 2.24) is 0 Å². The number of carbonyl (C=O) groups is 1. The van der Waals surface area contributed by atoms with Gasteiger partial charge in [-0.3, -0.25) is 0 Å². The molecule has 0 N–H and O–H groups in total. The molecule has 0 atom stereocenters. The zero-order chi connectivity index (χ0) is 13.6. The molecule has 4 heteroatoms. The molecule has 0 rings (SSSR count). The molecule has 0 fully saturated rings. The first-order valence-electron chi connectivity index (χ1n) is 6.65. The van der Waals surface area contributed by atoms with E-state index in [1.165, 1.54) is 25.7 Å². The van der Waals surface area contributed by atoms with Crippen LogP contribution >= 0.6 is 0 Å². The normalized spacial score (nSPS) is 10.8. The van der Waals surface area contributed by atoms with Gasteiger partial charge < -0.3 is 9.47 Å². The van der Waals surface area contributed by atoms with Gasteiger partial charge in [-0.2, -0.15) is 5.26 Å². The summed E-state index contributed by atoms with van der Waals surface area (Å²) in [5.41, 5.74) is -0.0807. The maximum absolute atomic E-state index is 11.4. The lowest BCUT2D eigenvalue weighted by Crippen LogP contribution is -2.08. The van der Waals surface area contributed by atoms with E-state index in [0.717, 1.165) is 19.1 Å². The summed E-state index contributed by atoms with van der Waals surface area (Å²) in [6, 6.07) is 1.77. The summed E-state index contributed by atoms with van der Waals surface area (Å²) in [5.74, 6) is -0.598. The topological polar surface area (TPSA) is 59.3 Å². The number of carbonyl (C=O) groups excluding carboxylic acids is 1. The van der Waals surface area contributed by atoms with Gasteiger partial charge in [0.15, 0.2) is 5.57 Å². The highest BCUT2D eigenvalue weighted by Crippen LogP contribution is 2.06. The number of nitriles is 1. The van der Waals surface area contributed by atoms with Gasteiger partial charge in [-0.15, -0.1) is 0 Å². The molecule has 0 unspecified atom stereocenters. The van der Waals surface area contributed by atoms with Crippen molar-refractivity contribution in [2.24, 2.45) is 0 Å². The highest BCUT2D eigenvalue weighted by Gasteiger charge is 2.10. The standard InChI is InChI=1S/C14H23NO3/c1-3-5-6-7-8-9-10-18-14(16)13(11-15)12-17-4-2/h12H,3-10H2,1-2H3/b13-12+. The van der Waals surface area contributed by atoms with E-state index < -0.39 is 5.97 Å². The van der Waals surface area contributed by atoms with Crippen molar-refractivity contribution in [2.75, 3.05) is 13.2 Å². The lowest BCUT2D eigenvalue weighted by molar-refractivity contribution is -0.138. The molecule has 0 spiro atoms. The highest BCUT2D eigenvalue weighted by atomic mass is 16.5. The van der Waals surface area contributed by atoms with Crippen molar-refractivity contribution in [2.45, 2.75) is 52.4 Å². The Bertz CT molecular complexity index is 292. The second-order valence-corrected chi connectivity index (χ2v) is 4.00. The fourth-order valence-corrected chi connectivity index (χ4v) is 1.41. The quantitative estimate of drug-likeness (QED) is 0.197. The Kier molecular flexibility index (Phi) is 11.0. The van der Waals surface area contributed by atoms with Crippen LogP contribution in [0.25, 0.3) is 0 Å². The van der Waals surface area contributed by atoms with Crippen molar-refractivity contribution in [3.63, 3.8) is 0 Å². The summed E-state index contributed by atoms with van der Waals surface area (Å²) in [6.45, 7) is 4.76. The molecule has 0 aromatic carbocycles. The van der Waals surface area contributed by atoms with Crippen LogP contribution in [0.1, 0.15) is 52.4 Å². The maximum atomic E-state index is 11.4. The molecule has 0 radical (unpaired) electrons. The molecule has 4 nitrogen and oxygen atoms in total. The Balaban J connectivity index is 3.66. The third-order valence-electron chi connectivity index (χ3n) is 2.44. The molecule has 0 amide bonds. The average Bonchev–Trinajstić information content (AvgIpc) is 2.38. The van der Waals surface area contributed by atoms with Crippen molar-refractivity contribution in [3.8, 4) is 6.07 Å². The van der Waals surface area contributed by atoms with Gasteiger partial charge in [0.2, 0.25) is 0 Å². The van der Waals surface area contributed by atoms with Gasteiger partial charge in [-0.1, -0.05) is 39.0 Å². The minimum atomic E-state index is -0.598. The molecule has 0 saturated carbocycles. The van der Waals surface area contributed by atoms with Crippen molar-refractivity contribution in [3.05, 3.63) is 11.8 Å². The van der Waals surface area contributed by atoms with Crippen LogP contribution in [-0.2, 0) is 14.3 Å². The fraction of sp³-hybridized carbons (Fsp3) is 0.714. The molecular formula is C14H23NO3. The average molecular weight is 253 g/mol. The van der Waals surface area contributed by atoms with Crippen LogP contribution in [-0.4, -0.2) is 19.2 Å². The summed E-state index contributed by atoms with van der Waals surface area (Å²) in [7, 11) is 0. The Morgan fingerprint density at radius 1 is 1.17 bits per heavy atom. The van der Waals surface area contributed by atoms with Gasteiger partial charge >= 0.3 is 5.97 Å². The SMILES string of the molecule is CCCCCCCCOC(=O)/C(C#N)=C/OCC. The lowest BCUT2D eigenvalue weighted by atomic mass is 10.1. The number of esters is 1. The van der Waals surface area contributed by atoms with E-state index in [0.29, 0.717) is 13.2 Å². The second kappa shape index (κ2) is 12.0. The van der Waals surface area contributed by atoms with E-state index >= 15 is 0 Å². The number of hydrogen-bond donors (Lipinski definition) is 0. The van der Waals surface area contributed by atoms with E-state index in [-0.39, 0.29) is 5.57 Å². The first-order valence-corrected chi connectivity index (χ1v) is 6.65. The molecule has 102 valence electrons. The van der Waals surface area contributed by atoms with Gasteiger partial charge in [0.05, 0.1) is 13.2 Å². The van der Waals surface area contributed by atoms with Crippen molar-refractivity contribution >= 4 is 5.97 Å². The molecule has 0 aliphatic heterocycles. The highest BCUT2D eigenvalue weighted by molar-refractivity contribution is 5.92. The Morgan fingerprint density at radius 2 is 1.83 bits per heavy atom. The van der Waals surface area contributed by atoms with Gasteiger partial charge in [-0.25, -0.2) is 4.79 Å². The number of ether oxygens (including phenoxy) is 2. The predicted octanol–water partition coefficient (Wildman–Crippen LogP) is 3.33. The van der Waals surface area contributed by atoms with Crippen LogP contribution in [0.2, 0.25) is 0 Å². The molecule has 0 aliphatic carbocycles. The number of rotatable bonds is 10. The van der Waals surface area contributed by atoms with Gasteiger partial charge in [0.1, 0.15) is 12.3 Å². The summed E-state index contributed by atoms with van der Waals surface area (Å²) in [4.78, 5) is 11.4. The van der Waals surface area contributed by atoms with Crippen LogP contribution in [0, 0.1) is 11.3 Å². The van der Waals surface area contributed by atoms with E-state index in [1.807, 2.05) is 0 Å². The lowest BCUT2D eigenvalue weighted by Gasteiger charge is -2.04. The van der Waals surface area contributed by atoms with Crippen LogP contribution < -0.4 is 0 Å². The summed E-state index contributed by atoms with van der Waals surface area (Å²) in [6.07, 6.45) is 7.96. The molecule has 0 saturated heterocycles. The largest absolute Gasteiger partial charge is 0.500 e. The van der Waals surface area contributed by atoms with Gasteiger partial charge in [0.25, 0.3) is 0 Å². The third kappa shape index (κ3) is 8.63. The fourth-order valence-electron chi connectivity index (χ4n) is 1.41. The second-order valence-electron chi connectivity index (χ2n) is 4.00. The van der Waals surface area contributed by atoms with Crippen LogP contribution in [0.4, 0.5) is 0 Å². The summed E-state index contributed by atoms with van der Waals surface area (Å²) in [5, 5.41) is 8.72. The molecule has 0 heterocycles. The molecule has 0 aromatic rings. The Labute approximate surface area is 110 Å². The number of nitrogens with zero attached hydrogens (tertiary/aromatic N) is 1. The molecule has 18 heavy (non-hydrogen) atoms. The minimum Gasteiger partial charge on any atom is -0.500 e. The molecular weight excluding hydrogens is 230 g/mol. The Hall–Kier alpha value is -1.50. The molecule has 0 aromatic heterocycles. The zero-order valence-electron chi connectivity index (χ0n) is 11.4. The molecule has 0 aliphatic rings. The van der Waals surface area contributed by atoms with Gasteiger partial charge in [-0.05, 0) is 13.3 Å². The summed E-state index contributed by atoms with van der Waals surface area (Å²) < 4.78 is 9.88. The van der Waals surface area contributed by atoms with E-state index in [2.05, 4.69) is 6.92 Å². The molecule has 0 bridgehead atoms. The van der Waals surface area contributed by atoms with E-state index in [1.54, 1.807) is 13.0 Å². The number of unbranched alkanes of at least 4 members (excludes halogenated alkanes) is 5. The minimum absolute atomic E-state index is 0.0807. The first-order chi connectivity index (χ1) is 8.76. The van der Waals surface area contributed by atoms with E-state index in [4.69, 9.17) is 14.7 Å². The predicted molar refractivity (Wildman–Crippen MR) is 69.7 cm³/mol. The van der Waals surface area contributed by atoms with Gasteiger partial charge in [0, 0.05) is 0 Å². The zero-order valence-corrected chi connectivity index (χ0v) is 11.4. The third-order valence-corrected chi connectivity index (χ3v) is 2.44. The van der Waals surface area contributed by atoms with Crippen LogP contribution in [0.15, 0.2) is 11.8 Å². The van der Waals surface area contributed by atoms with E-state index in [9.17, 15) is 4.79 Å². The van der Waals surface area contributed by atoms with Crippen molar-refractivity contribution < 1.29 is 14.3 Å². The maximum Gasteiger partial charge on any atom is 0.352 e. The van der Waals surface area contributed by atoms with Crippen LogP contribution in [0.5, 0.6) is 0 Å². The number of hydrogen-bond acceptors (Lipinski definition) is 4. The van der Waals surface area contributed by atoms with Crippen molar-refractivity contribution in [1.29, 1.82) is 5.26 Å². The first kappa shape index (κ1) is 16.5. The summed E-state index contributed by atoms with van der Waals surface area (Å²) >= 11 is 0. The van der Waals surface area contributed by atoms with Crippen LogP contribution in [0.3, 0.4) is 0 Å². The monoisotopic (exact) mass is 253 g/mol. The smallest absolute Gasteiger partial charge is 0.352 e. The Morgan fingerprint density at radius 3 is 2.44 bits per heavy atom.